The van der Waals surface area contributed by atoms with Gasteiger partial charge >= 0.3 is 0 Å². The van der Waals surface area contributed by atoms with Gasteiger partial charge in [-0.2, -0.15) is 5.10 Å². The Labute approximate surface area is 121 Å². The van der Waals surface area contributed by atoms with Crippen LogP contribution in [0.2, 0.25) is 0 Å². The van der Waals surface area contributed by atoms with Gasteiger partial charge in [-0.3, -0.25) is 9.89 Å². The molecule has 1 atom stereocenters. The predicted molar refractivity (Wildman–Crippen MR) is 75.4 cm³/mol. The Balaban J connectivity index is 2.05. The summed E-state index contributed by atoms with van der Waals surface area (Å²) in [5, 5.41) is 19.1. The third kappa shape index (κ3) is 3.51. The number of carbonyl (C=O) groups excluding carboxylic acids is 1. The monoisotopic (exact) mass is 291 g/mol. The molecule has 1 heterocycles. The Morgan fingerprint density at radius 3 is 2.81 bits per heavy atom. The first-order valence-electron chi connectivity index (χ1n) is 6.33. The van der Waals surface area contributed by atoms with E-state index < -0.39 is 6.10 Å². The Kier molecular flexibility index (Phi) is 4.78. The molecule has 21 heavy (non-hydrogen) atoms. The summed E-state index contributed by atoms with van der Waals surface area (Å²) in [5.74, 6) is 0.789. The van der Waals surface area contributed by atoms with Crippen LogP contribution in [0.3, 0.4) is 0 Å². The van der Waals surface area contributed by atoms with Crippen molar-refractivity contribution in [1.29, 1.82) is 0 Å². The number of hydrogen-bond donors (Lipinski definition) is 3. The number of benzene rings is 1. The molecule has 0 aliphatic rings. The molecule has 0 spiro atoms. The molecule has 112 valence electrons. The van der Waals surface area contributed by atoms with Crippen molar-refractivity contribution in [3.8, 4) is 11.5 Å². The van der Waals surface area contributed by atoms with Gasteiger partial charge in [0.2, 0.25) is 0 Å². The van der Waals surface area contributed by atoms with Gasteiger partial charge in [-0.15, -0.1) is 0 Å². The number of carbonyl (C=O) groups is 1. The number of hydrogen-bond acceptors (Lipinski definition) is 5. The largest absolute Gasteiger partial charge is 0.497 e. The quantitative estimate of drug-likeness (QED) is 0.734. The van der Waals surface area contributed by atoms with Crippen molar-refractivity contribution >= 4 is 5.91 Å². The summed E-state index contributed by atoms with van der Waals surface area (Å²) in [6, 6.07) is 6.66. The highest BCUT2D eigenvalue weighted by molar-refractivity contribution is 5.92. The van der Waals surface area contributed by atoms with Gasteiger partial charge < -0.3 is 19.9 Å². The van der Waals surface area contributed by atoms with Crippen molar-refractivity contribution in [2.75, 3.05) is 20.8 Å². The number of rotatable bonds is 6. The lowest BCUT2D eigenvalue weighted by Crippen LogP contribution is -2.28. The molecule has 0 aliphatic carbocycles. The molecule has 0 aliphatic heterocycles. The fourth-order valence-electron chi connectivity index (χ4n) is 1.88. The van der Waals surface area contributed by atoms with Gasteiger partial charge in [0.15, 0.2) is 0 Å². The summed E-state index contributed by atoms with van der Waals surface area (Å²) >= 11 is 0. The van der Waals surface area contributed by atoms with Gasteiger partial charge in [0.1, 0.15) is 23.3 Å². The number of aromatic nitrogens is 2. The lowest BCUT2D eigenvalue weighted by atomic mass is 10.1. The number of ether oxygens (including phenoxy) is 2. The van der Waals surface area contributed by atoms with Crippen molar-refractivity contribution in [3.63, 3.8) is 0 Å². The molecule has 2 rings (SSSR count). The maximum absolute atomic E-state index is 11.8. The zero-order chi connectivity index (χ0) is 15.2. The van der Waals surface area contributed by atoms with E-state index in [1.54, 1.807) is 24.3 Å². The molecule has 0 radical (unpaired) electrons. The lowest BCUT2D eigenvalue weighted by Gasteiger charge is -2.16. The second-order valence-electron chi connectivity index (χ2n) is 4.30. The SMILES string of the molecule is COc1ccc(OC)c(C(O)CNC(=O)c2ccn[nH]2)c1. The molecule has 0 fully saturated rings. The number of aromatic amines is 1. The van der Waals surface area contributed by atoms with Crippen LogP contribution in [0, 0.1) is 0 Å². The fraction of sp³-hybridized carbons (Fsp3) is 0.286. The summed E-state index contributed by atoms with van der Waals surface area (Å²) in [6.45, 7) is 0.0430. The third-order valence-corrected chi connectivity index (χ3v) is 3.00. The van der Waals surface area contributed by atoms with E-state index in [-0.39, 0.29) is 12.5 Å². The van der Waals surface area contributed by atoms with Crippen LogP contribution in [0.1, 0.15) is 22.2 Å². The van der Waals surface area contributed by atoms with E-state index in [0.717, 1.165) is 0 Å². The van der Waals surface area contributed by atoms with Gasteiger partial charge in [0.05, 0.1) is 14.2 Å². The smallest absolute Gasteiger partial charge is 0.269 e. The molecule has 1 aromatic carbocycles. The van der Waals surface area contributed by atoms with Crippen LogP contribution in [-0.4, -0.2) is 42.0 Å². The predicted octanol–water partition coefficient (Wildman–Crippen LogP) is 0.890. The third-order valence-electron chi connectivity index (χ3n) is 3.00. The molecule has 2 aromatic rings. The molecule has 7 nitrogen and oxygen atoms in total. The normalized spacial score (nSPS) is 11.8. The van der Waals surface area contributed by atoms with E-state index >= 15 is 0 Å². The van der Waals surface area contributed by atoms with Crippen molar-refractivity contribution in [3.05, 3.63) is 41.7 Å². The first kappa shape index (κ1) is 14.9. The second-order valence-corrected chi connectivity index (χ2v) is 4.30. The van der Waals surface area contributed by atoms with Crippen LogP contribution < -0.4 is 14.8 Å². The molecule has 1 aromatic heterocycles. The number of H-pyrrole nitrogens is 1. The number of methoxy groups -OCH3 is 2. The van der Waals surface area contributed by atoms with E-state index in [4.69, 9.17) is 9.47 Å². The second kappa shape index (κ2) is 6.76. The molecule has 1 unspecified atom stereocenters. The molecular weight excluding hydrogens is 274 g/mol. The topological polar surface area (TPSA) is 96.5 Å². The first-order valence-corrected chi connectivity index (χ1v) is 6.33. The average Bonchev–Trinajstić information content (AvgIpc) is 3.06. The highest BCUT2D eigenvalue weighted by Crippen LogP contribution is 2.29. The minimum atomic E-state index is -0.915. The maximum Gasteiger partial charge on any atom is 0.269 e. The zero-order valence-corrected chi connectivity index (χ0v) is 11.8. The molecule has 0 bridgehead atoms. The summed E-state index contributed by atoms with van der Waals surface area (Å²) in [7, 11) is 3.05. The van der Waals surface area contributed by atoms with Crippen molar-refractivity contribution in [2.45, 2.75) is 6.10 Å². The Morgan fingerprint density at radius 1 is 1.38 bits per heavy atom. The molecule has 7 heteroatoms. The van der Waals surface area contributed by atoms with Crippen LogP contribution in [0.15, 0.2) is 30.5 Å². The molecule has 0 saturated carbocycles. The van der Waals surface area contributed by atoms with Gasteiger partial charge in [0.25, 0.3) is 5.91 Å². The summed E-state index contributed by atoms with van der Waals surface area (Å²) in [6.07, 6.45) is 0.568. The first-order chi connectivity index (χ1) is 10.2. The van der Waals surface area contributed by atoms with Crippen LogP contribution in [0.4, 0.5) is 0 Å². The molecular formula is C14H17N3O4. The molecule has 3 N–H and O–H groups in total. The Morgan fingerprint density at radius 2 is 2.19 bits per heavy atom. The number of nitrogens with zero attached hydrogens (tertiary/aromatic N) is 1. The highest BCUT2D eigenvalue weighted by atomic mass is 16.5. The maximum atomic E-state index is 11.8. The Hall–Kier alpha value is -2.54. The van der Waals surface area contributed by atoms with Crippen LogP contribution in [-0.2, 0) is 0 Å². The van der Waals surface area contributed by atoms with Crippen molar-refractivity contribution < 1.29 is 19.4 Å². The van der Waals surface area contributed by atoms with Crippen LogP contribution in [0.5, 0.6) is 11.5 Å². The van der Waals surface area contributed by atoms with E-state index in [1.165, 1.54) is 20.4 Å². The van der Waals surface area contributed by atoms with Crippen molar-refractivity contribution in [2.24, 2.45) is 0 Å². The van der Waals surface area contributed by atoms with E-state index in [0.29, 0.717) is 22.8 Å². The zero-order valence-electron chi connectivity index (χ0n) is 11.8. The minimum absolute atomic E-state index is 0.0430. The number of amides is 1. The van der Waals surface area contributed by atoms with Gasteiger partial charge in [-0.25, -0.2) is 0 Å². The Bertz CT molecular complexity index is 598. The fourth-order valence-corrected chi connectivity index (χ4v) is 1.88. The highest BCUT2D eigenvalue weighted by Gasteiger charge is 2.16. The number of aliphatic hydroxyl groups excluding tert-OH is 1. The van der Waals surface area contributed by atoms with Gasteiger partial charge in [0, 0.05) is 18.3 Å². The summed E-state index contributed by atoms with van der Waals surface area (Å²) < 4.78 is 10.3. The van der Waals surface area contributed by atoms with E-state index in [2.05, 4.69) is 15.5 Å². The lowest BCUT2D eigenvalue weighted by molar-refractivity contribution is 0.0909. The van der Waals surface area contributed by atoms with Crippen LogP contribution in [0.25, 0.3) is 0 Å². The molecule has 0 saturated heterocycles. The number of nitrogens with one attached hydrogen (secondary N) is 2. The molecule has 1 amide bonds. The standard InChI is InChI=1S/C14H17N3O4/c1-20-9-3-4-13(21-2)10(7-9)12(18)8-15-14(19)11-5-6-16-17-11/h3-7,12,18H,8H2,1-2H3,(H,15,19)(H,16,17). The van der Waals surface area contributed by atoms with Crippen molar-refractivity contribution in [1.82, 2.24) is 15.5 Å². The van der Waals surface area contributed by atoms with E-state index in [9.17, 15) is 9.90 Å². The van der Waals surface area contributed by atoms with Gasteiger partial charge in [-0.1, -0.05) is 0 Å². The average molecular weight is 291 g/mol. The minimum Gasteiger partial charge on any atom is -0.497 e. The summed E-state index contributed by atoms with van der Waals surface area (Å²) in [5.41, 5.74) is 0.876. The van der Waals surface area contributed by atoms with E-state index in [1.807, 2.05) is 0 Å². The van der Waals surface area contributed by atoms with Gasteiger partial charge in [-0.05, 0) is 24.3 Å². The number of aliphatic hydroxyl groups is 1. The van der Waals surface area contributed by atoms with Crippen LogP contribution >= 0.6 is 0 Å². The summed E-state index contributed by atoms with van der Waals surface area (Å²) in [4.78, 5) is 11.8.